The van der Waals surface area contributed by atoms with Crippen LogP contribution in [0.5, 0.6) is 0 Å². The number of hydrogen-bond donors (Lipinski definition) is 0. The Hall–Kier alpha value is -0.100. The highest BCUT2D eigenvalue weighted by atomic mass is 79.9. The van der Waals surface area contributed by atoms with Crippen LogP contribution in [0.25, 0.3) is 0 Å². The summed E-state index contributed by atoms with van der Waals surface area (Å²) in [5, 5.41) is 0. The summed E-state index contributed by atoms with van der Waals surface area (Å²) < 4.78 is 11.6. The lowest BCUT2D eigenvalue weighted by molar-refractivity contribution is -0.164. The van der Waals surface area contributed by atoms with Gasteiger partial charge < -0.3 is 9.47 Å². The van der Waals surface area contributed by atoms with Crippen molar-refractivity contribution >= 4 is 43.8 Å². The van der Waals surface area contributed by atoms with Crippen LogP contribution in [0.1, 0.15) is 85.5 Å². The second-order valence-electron chi connectivity index (χ2n) is 9.60. The van der Waals surface area contributed by atoms with Gasteiger partial charge in [-0.3, -0.25) is 9.59 Å². The maximum Gasteiger partial charge on any atom is 0.310 e. The molecule has 2 saturated carbocycles. The minimum Gasteiger partial charge on any atom is -0.465 e. The van der Waals surface area contributed by atoms with Crippen LogP contribution in [0.4, 0.5) is 0 Å². The molecule has 0 saturated heterocycles. The van der Waals surface area contributed by atoms with Gasteiger partial charge in [0.05, 0.1) is 25.0 Å². The highest BCUT2D eigenvalue weighted by molar-refractivity contribution is 9.12. The molecule has 2 bridgehead atoms. The average Bonchev–Trinajstić information content (AvgIpc) is 3.30. The Bertz CT molecular complexity index is 522. The lowest BCUT2D eigenvalue weighted by atomic mass is 9.79. The fourth-order valence-corrected chi connectivity index (χ4v) is 7.17. The maximum atomic E-state index is 13.2. The molecule has 0 aromatic rings. The standard InChI is InChI=1S/C25H42Br2O4/c1-5-9-11-16(7-3)14-30-24(28)20-18-13-19(23(27)22(18)26)21(20)25(29)31-15-17(8-4)12-10-6-2/h16-23H,5-15H2,1-4H3. The van der Waals surface area contributed by atoms with Crippen LogP contribution in [0.3, 0.4) is 0 Å². The molecule has 6 heteroatoms. The second-order valence-corrected chi connectivity index (χ2v) is 11.7. The van der Waals surface area contributed by atoms with Crippen LogP contribution >= 0.6 is 31.9 Å². The number of esters is 2. The van der Waals surface area contributed by atoms with E-state index in [9.17, 15) is 9.59 Å². The number of halogens is 2. The summed E-state index contributed by atoms with van der Waals surface area (Å²) in [4.78, 5) is 26.7. The molecule has 2 aliphatic carbocycles. The van der Waals surface area contributed by atoms with Crippen molar-refractivity contribution in [3.05, 3.63) is 0 Å². The summed E-state index contributed by atoms with van der Waals surface area (Å²) in [6, 6.07) is 0. The van der Waals surface area contributed by atoms with Crippen molar-refractivity contribution in [2.75, 3.05) is 13.2 Å². The third-order valence-electron chi connectivity index (χ3n) is 7.53. The summed E-state index contributed by atoms with van der Waals surface area (Å²) in [6.07, 6.45) is 9.68. The molecule has 8 atom stereocenters. The summed E-state index contributed by atoms with van der Waals surface area (Å²) in [7, 11) is 0. The molecule has 4 nitrogen and oxygen atoms in total. The third-order valence-corrected chi connectivity index (χ3v) is 10.7. The van der Waals surface area contributed by atoms with Crippen molar-refractivity contribution < 1.29 is 19.1 Å². The van der Waals surface area contributed by atoms with E-state index >= 15 is 0 Å². The zero-order valence-electron chi connectivity index (χ0n) is 19.8. The predicted molar refractivity (Wildman–Crippen MR) is 133 cm³/mol. The Kier molecular flexibility index (Phi) is 11.9. The van der Waals surface area contributed by atoms with Gasteiger partial charge in [-0.15, -0.1) is 0 Å². The second kappa shape index (κ2) is 13.6. The van der Waals surface area contributed by atoms with Crippen LogP contribution < -0.4 is 0 Å². The van der Waals surface area contributed by atoms with Crippen molar-refractivity contribution in [3.63, 3.8) is 0 Å². The van der Waals surface area contributed by atoms with Gasteiger partial charge in [0.15, 0.2) is 0 Å². The van der Waals surface area contributed by atoms with E-state index in [0.29, 0.717) is 25.0 Å². The molecule has 0 radical (unpaired) electrons. The number of carbonyl (C=O) groups excluding carboxylic acids is 2. The average molecular weight is 566 g/mol. The number of ether oxygens (including phenoxy) is 2. The van der Waals surface area contributed by atoms with Gasteiger partial charge in [0, 0.05) is 9.65 Å². The van der Waals surface area contributed by atoms with Gasteiger partial charge >= 0.3 is 11.9 Å². The topological polar surface area (TPSA) is 52.6 Å². The molecule has 8 unspecified atom stereocenters. The van der Waals surface area contributed by atoms with E-state index in [4.69, 9.17) is 9.47 Å². The number of fused-ring (bicyclic) bond motifs is 2. The van der Waals surface area contributed by atoms with Crippen LogP contribution in [0.15, 0.2) is 0 Å². The molecule has 0 aromatic heterocycles. The first-order chi connectivity index (χ1) is 14.9. The van der Waals surface area contributed by atoms with Crippen molar-refractivity contribution in [1.29, 1.82) is 0 Å². The number of rotatable bonds is 14. The lowest BCUT2D eigenvalue weighted by Crippen LogP contribution is -2.45. The highest BCUT2D eigenvalue weighted by Gasteiger charge is 2.62. The monoisotopic (exact) mass is 564 g/mol. The first kappa shape index (κ1) is 27.1. The number of unbranched alkanes of at least 4 members (excludes halogenated alkanes) is 2. The Morgan fingerprint density at radius 2 is 1.16 bits per heavy atom. The maximum absolute atomic E-state index is 13.2. The Morgan fingerprint density at radius 1 is 0.774 bits per heavy atom. The third kappa shape index (κ3) is 6.94. The van der Waals surface area contributed by atoms with Gasteiger partial charge in [0.25, 0.3) is 0 Å². The van der Waals surface area contributed by atoms with E-state index in [0.717, 1.165) is 57.8 Å². The van der Waals surface area contributed by atoms with Gasteiger partial charge in [0.2, 0.25) is 0 Å². The molecule has 0 amide bonds. The molecule has 0 N–H and O–H groups in total. The molecule has 2 rings (SSSR count). The lowest BCUT2D eigenvalue weighted by Gasteiger charge is -2.34. The molecule has 0 aliphatic heterocycles. The quantitative estimate of drug-likeness (QED) is 0.169. The SMILES string of the molecule is CCCCC(CC)COC(=O)C1C2CC(C(Br)C2Br)C1C(=O)OCC(CC)CCCC. The fraction of sp³-hybridized carbons (Fsp3) is 0.920. The largest absolute Gasteiger partial charge is 0.465 e. The van der Waals surface area contributed by atoms with Gasteiger partial charge in [0.1, 0.15) is 0 Å². The molecule has 0 heterocycles. The minimum atomic E-state index is -0.393. The smallest absolute Gasteiger partial charge is 0.310 e. The molecule has 2 fully saturated rings. The zero-order valence-corrected chi connectivity index (χ0v) is 23.0. The van der Waals surface area contributed by atoms with Gasteiger partial charge in [-0.05, 0) is 42.9 Å². The molecule has 31 heavy (non-hydrogen) atoms. The summed E-state index contributed by atoms with van der Waals surface area (Å²) in [6.45, 7) is 9.59. The summed E-state index contributed by atoms with van der Waals surface area (Å²) >= 11 is 7.54. The van der Waals surface area contributed by atoms with Gasteiger partial charge in [-0.2, -0.15) is 0 Å². The van der Waals surface area contributed by atoms with E-state index in [-0.39, 0.29) is 33.4 Å². The van der Waals surface area contributed by atoms with Crippen molar-refractivity contribution in [1.82, 2.24) is 0 Å². The zero-order chi connectivity index (χ0) is 23.0. The minimum absolute atomic E-state index is 0.122. The molecular weight excluding hydrogens is 524 g/mol. The van der Waals surface area contributed by atoms with Crippen molar-refractivity contribution in [3.8, 4) is 0 Å². The van der Waals surface area contributed by atoms with Crippen LogP contribution in [-0.4, -0.2) is 34.8 Å². The Labute approximate surface area is 206 Å². The van der Waals surface area contributed by atoms with E-state index in [2.05, 4.69) is 59.6 Å². The van der Waals surface area contributed by atoms with E-state index in [1.165, 1.54) is 0 Å². The predicted octanol–water partition coefficient (Wildman–Crippen LogP) is 6.91. The van der Waals surface area contributed by atoms with Gasteiger partial charge in [-0.25, -0.2) is 0 Å². The Morgan fingerprint density at radius 3 is 1.48 bits per heavy atom. The molecule has 0 aromatic carbocycles. The highest BCUT2D eigenvalue weighted by Crippen LogP contribution is 2.58. The summed E-state index contributed by atoms with van der Waals surface area (Å²) in [5.41, 5.74) is 0. The van der Waals surface area contributed by atoms with Crippen molar-refractivity contribution in [2.45, 2.75) is 95.1 Å². The number of hydrogen-bond acceptors (Lipinski definition) is 4. The first-order valence-corrected chi connectivity index (χ1v) is 14.3. The van der Waals surface area contributed by atoms with Gasteiger partial charge in [-0.1, -0.05) is 98.1 Å². The number of carbonyl (C=O) groups is 2. The van der Waals surface area contributed by atoms with E-state index < -0.39 is 11.8 Å². The molecular formula is C25H42Br2O4. The molecule has 2 aliphatic rings. The van der Waals surface area contributed by atoms with Crippen LogP contribution in [-0.2, 0) is 19.1 Å². The first-order valence-electron chi connectivity index (χ1n) is 12.5. The van der Waals surface area contributed by atoms with Crippen LogP contribution in [0, 0.1) is 35.5 Å². The fourth-order valence-electron chi connectivity index (χ4n) is 5.30. The number of alkyl halides is 2. The van der Waals surface area contributed by atoms with E-state index in [1.807, 2.05) is 0 Å². The van der Waals surface area contributed by atoms with E-state index in [1.54, 1.807) is 0 Å². The summed E-state index contributed by atoms with van der Waals surface area (Å²) in [5.74, 6) is -0.141. The molecule has 0 spiro atoms. The van der Waals surface area contributed by atoms with Crippen LogP contribution in [0.2, 0.25) is 0 Å². The van der Waals surface area contributed by atoms with Crippen molar-refractivity contribution in [2.24, 2.45) is 35.5 Å². The normalized spacial score (nSPS) is 31.4. The molecule has 180 valence electrons. The Balaban J connectivity index is 2.02.